The molecule has 1 aromatic heterocycles. The largest absolute Gasteiger partial charge is 0.479 e. The number of aryl methyl sites for hydroxylation is 1. The molecule has 0 spiro atoms. The minimum atomic E-state index is -1.08. The molecule has 1 atom stereocenters. The van der Waals surface area contributed by atoms with Crippen molar-refractivity contribution in [2.75, 3.05) is 11.9 Å². The van der Waals surface area contributed by atoms with Crippen LogP contribution in [0.3, 0.4) is 0 Å². The predicted octanol–water partition coefficient (Wildman–Crippen LogP) is 2.25. The molecule has 1 unspecified atom stereocenters. The van der Waals surface area contributed by atoms with Crippen molar-refractivity contribution in [3.05, 3.63) is 24.0 Å². The lowest BCUT2D eigenvalue weighted by molar-refractivity contribution is -0.148. The Labute approximate surface area is 117 Å². The molecule has 1 saturated heterocycles. The van der Waals surface area contributed by atoms with Crippen molar-refractivity contribution in [1.29, 1.82) is 0 Å². The Kier molecular flexibility index (Phi) is 3.92. The lowest BCUT2D eigenvalue weighted by Gasteiger charge is -2.33. The van der Waals surface area contributed by atoms with Gasteiger partial charge in [-0.15, -0.1) is 0 Å². The van der Waals surface area contributed by atoms with E-state index in [2.05, 4.69) is 10.3 Å². The molecule has 6 heteroatoms. The standard InChI is InChI=1S/C14H19N3O3/c1-3-14(12(18)19)5-4-6-17(14)13(20)16-11-7-10(2)8-15-9-11/h7-9H,3-6H2,1-2H3,(H,16,20)(H,18,19). The molecular formula is C14H19N3O3. The van der Waals surface area contributed by atoms with Gasteiger partial charge in [-0.2, -0.15) is 0 Å². The fourth-order valence-electron chi connectivity index (χ4n) is 2.73. The van der Waals surface area contributed by atoms with E-state index in [1.807, 2.05) is 6.92 Å². The summed E-state index contributed by atoms with van der Waals surface area (Å²) in [6.45, 7) is 4.14. The van der Waals surface area contributed by atoms with Gasteiger partial charge in [0.05, 0.1) is 11.9 Å². The van der Waals surface area contributed by atoms with Crippen molar-refractivity contribution in [2.24, 2.45) is 0 Å². The zero-order valence-electron chi connectivity index (χ0n) is 11.7. The second kappa shape index (κ2) is 5.48. The molecule has 6 nitrogen and oxygen atoms in total. The maximum Gasteiger partial charge on any atom is 0.329 e. The molecule has 2 heterocycles. The number of carboxylic acids is 1. The van der Waals surface area contributed by atoms with Gasteiger partial charge < -0.3 is 15.3 Å². The maximum absolute atomic E-state index is 12.3. The molecule has 0 radical (unpaired) electrons. The Morgan fingerprint density at radius 2 is 2.25 bits per heavy atom. The predicted molar refractivity (Wildman–Crippen MR) is 74.6 cm³/mol. The Balaban J connectivity index is 2.18. The van der Waals surface area contributed by atoms with Crippen molar-refractivity contribution in [1.82, 2.24) is 9.88 Å². The monoisotopic (exact) mass is 277 g/mol. The van der Waals surface area contributed by atoms with Gasteiger partial charge in [0.1, 0.15) is 5.54 Å². The topological polar surface area (TPSA) is 82.5 Å². The van der Waals surface area contributed by atoms with Crippen LogP contribution in [0, 0.1) is 6.92 Å². The van der Waals surface area contributed by atoms with Gasteiger partial charge in [0.15, 0.2) is 0 Å². The first-order chi connectivity index (χ1) is 9.49. The highest BCUT2D eigenvalue weighted by Crippen LogP contribution is 2.33. The average molecular weight is 277 g/mol. The van der Waals surface area contributed by atoms with E-state index in [-0.39, 0.29) is 6.03 Å². The zero-order valence-corrected chi connectivity index (χ0v) is 11.7. The Morgan fingerprint density at radius 1 is 1.50 bits per heavy atom. The molecule has 1 fully saturated rings. The number of rotatable bonds is 3. The second-order valence-corrected chi connectivity index (χ2v) is 5.13. The molecule has 1 aromatic rings. The zero-order chi connectivity index (χ0) is 14.8. The van der Waals surface area contributed by atoms with Crippen molar-refractivity contribution >= 4 is 17.7 Å². The van der Waals surface area contributed by atoms with E-state index in [0.717, 1.165) is 5.56 Å². The number of aliphatic carboxylic acids is 1. The molecule has 20 heavy (non-hydrogen) atoms. The third-order valence-electron chi connectivity index (χ3n) is 3.84. The van der Waals surface area contributed by atoms with Gasteiger partial charge in [0, 0.05) is 12.7 Å². The van der Waals surface area contributed by atoms with Crippen LogP contribution >= 0.6 is 0 Å². The Hall–Kier alpha value is -2.11. The van der Waals surface area contributed by atoms with Gasteiger partial charge in [-0.1, -0.05) is 6.92 Å². The summed E-state index contributed by atoms with van der Waals surface area (Å²) in [5.74, 6) is -0.935. The van der Waals surface area contributed by atoms with Crippen LogP contribution in [0.1, 0.15) is 31.7 Å². The highest BCUT2D eigenvalue weighted by Gasteiger charge is 2.48. The Morgan fingerprint density at radius 3 is 2.85 bits per heavy atom. The third kappa shape index (κ3) is 2.45. The normalized spacial score (nSPS) is 21.8. The van der Waals surface area contributed by atoms with E-state index in [9.17, 15) is 14.7 Å². The molecule has 0 aliphatic carbocycles. The van der Waals surface area contributed by atoms with Crippen molar-refractivity contribution in [3.63, 3.8) is 0 Å². The fourth-order valence-corrected chi connectivity index (χ4v) is 2.73. The number of pyridine rings is 1. The summed E-state index contributed by atoms with van der Waals surface area (Å²) in [6, 6.07) is 1.43. The number of nitrogens with zero attached hydrogens (tertiary/aromatic N) is 2. The number of carbonyl (C=O) groups is 2. The van der Waals surface area contributed by atoms with Crippen LogP contribution in [0.25, 0.3) is 0 Å². The minimum Gasteiger partial charge on any atom is -0.479 e. The quantitative estimate of drug-likeness (QED) is 0.887. The third-order valence-corrected chi connectivity index (χ3v) is 3.84. The number of likely N-dealkylation sites (tertiary alicyclic amines) is 1. The van der Waals surface area contributed by atoms with Crippen LogP contribution in [-0.4, -0.2) is 39.1 Å². The number of urea groups is 1. The molecule has 0 aromatic carbocycles. The summed E-state index contributed by atoms with van der Waals surface area (Å²) < 4.78 is 0. The minimum absolute atomic E-state index is 0.376. The van der Waals surface area contributed by atoms with Gasteiger partial charge in [-0.05, 0) is 37.8 Å². The average Bonchev–Trinajstić information content (AvgIpc) is 2.83. The lowest BCUT2D eigenvalue weighted by atomic mass is 9.93. The van der Waals surface area contributed by atoms with Crippen LogP contribution in [0.5, 0.6) is 0 Å². The summed E-state index contributed by atoms with van der Waals surface area (Å²) in [7, 11) is 0. The van der Waals surface area contributed by atoms with E-state index < -0.39 is 11.5 Å². The van der Waals surface area contributed by atoms with Crippen molar-refractivity contribution in [3.8, 4) is 0 Å². The summed E-state index contributed by atoms with van der Waals surface area (Å²) in [5, 5.41) is 12.2. The maximum atomic E-state index is 12.3. The molecule has 0 saturated carbocycles. The number of carbonyl (C=O) groups excluding carboxylic acids is 1. The van der Waals surface area contributed by atoms with Crippen molar-refractivity contribution in [2.45, 2.75) is 38.6 Å². The highest BCUT2D eigenvalue weighted by atomic mass is 16.4. The number of nitrogens with one attached hydrogen (secondary N) is 1. The number of hydrogen-bond acceptors (Lipinski definition) is 3. The van der Waals surface area contributed by atoms with E-state index in [4.69, 9.17) is 0 Å². The molecule has 0 bridgehead atoms. The van der Waals surface area contributed by atoms with Crippen LogP contribution in [0.15, 0.2) is 18.5 Å². The molecule has 1 aliphatic heterocycles. The van der Waals surface area contributed by atoms with E-state index in [0.29, 0.717) is 31.5 Å². The van der Waals surface area contributed by atoms with Crippen LogP contribution < -0.4 is 5.32 Å². The number of aromatic nitrogens is 1. The molecular weight excluding hydrogens is 258 g/mol. The van der Waals surface area contributed by atoms with Crippen LogP contribution in [0.2, 0.25) is 0 Å². The smallest absolute Gasteiger partial charge is 0.329 e. The number of anilines is 1. The summed E-state index contributed by atoms with van der Waals surface area (Å²) in [5.41, 5.74) is 0.433. The summed E-state index contributed by atoms with van der Waals surface area (Å²) in [6.07, 6.45) is 4.86. The molecule has 2 N–H and O–H groups in total. The summed E-state index contributed by atoms with van der Waals surface area (Å²) >= 11 is 0. The first-order valence-corrected chi connectivity index (χ1v) is 6.73. The fraction of sp³-hybridized carbons (Fsp3) is 0.500. The number of amides is 2. The molecule has 2 rings (SSSR count). The van der Waals surface area contributed by atoms with Gasteiger partial charge in [-0.3, -0.25) is 4.98 Å². The van der Waals surface area contributed by atoms with E-state index in [1.54, 1.807) is 25.4 Å². The van der Waals surface area contributed by atoms with E-state index >= 15 is 0 Å². The van der Waals surface area contributed by atoms with Gasteiger partial charge in [-0.25, -0.2) is 9.59 Å². The van der Waals surface area contributed by atoms with Gasteiger partial charge in [0.2, 0.25) is 0 Å². The van der Waals surface area contributed by atoms with Crippen LogP contribution in [0.4, 0.5) is 10.5 Å². The number of carboxylic acid groups (broad SMARTS) is 1. The van der Waals surface area contributed by atoms with Crippen LogP contribution in [-0.2, 0) is 4.79 Å². The second-order valence-electron chi connectivity index (χ2n) is 5.13. The molecule has 108 valence electrons. The first-order valence-electron chi connectivity index (χ1n) is 6.73. The first kappa shape index (κ1) is 14.3. The van der Waals surface area contributed by atoms with Crippen molar-refractivity contribution < 1.29 is 14.7 Å². The van der Waals surface area contributed by atoms with E-state index in [1.165, 1.54) is 4.90 Å². The lowest BCUT2D eigenvalue weighted by Crippen LogP contribution is -2.54. The Bertz CT molecular complexity index is 532. The molecule has 1 aliphatic rings. The molecule has 2 amide bonds. The highest BCUT2D eigenvalue weighted by molar-refractivity contribution is 5.94. The van der Waals surface area contributed by atoms with Gasteiger partial charge in [0.25, 0.3) is 0 Å². The number of hydrogen-bond donors (Lipinski definition) is 2. The SMILES string of the molecule is CCC1(C(=O)O)CCCN1C(=O)Nc1cncc(C)c1. The summed E-state index contributed by atoms with van der Waals surface area (Å²) in [4.78, 5) is 29.3. The van der Waals surface area contributed by atoms with Gasteiger partial charge >= 0.3 is 12.0 Å².